The summed E-state index contributed by atoms with van der Waals surface area (Å²) in [5.41, 5.74) is 2.87. The fraction of sp³-hybridized carbons (Fsp3) is 0.333. The number of aromatic nitrogens is 4. The van der Waals surface area contributed by atoms with Crippen molar-refractivity contribution in [2.45, 2.75) is 31.7 Å². The summed E-state index contributed by atoms with van der Waals surface area (Å²) < 4.78 is 7.24. The minimum Gasteiger partial charge on any atom is -0.339 e. The number of hydrogen-bond donors (Lipinski definition) is 0. The molecular weight excluding hydrogens is 402 g/mol. The molecule has 0 N–H and O–H groups in total. The minimum absolute atomic E-state index is 0.0825. The van der Waals surface area contributed by atoms with Crippen molar-refractivity contribution in [2.75, 3.05) is 13.1 Å². The summed E-state index contributed by atoms with van der Waals surface area (Å²) in [7, 11) is 0. The smallest absolute Gasteiger partial charge is 0.253 e. The molecule has 1 aliphatic rings. The fourth-order valence-electron chi connectivity index (χ4n) is 3.99. The van der Waals surface area contributed by atoms with Crippen LogP contribution < -0.4 is 0 Å². The molecule has 0 bridgehead atoms. The zero-order valence-corrected chi connectivity index (χ0v) is 17.5. The molecule has 8 heteroatoms. The summed E-state index contributed by atoms with van der Waals surface area (Å²) in [6.45, 7) is 2.47. The Hall–Kier alpha value is -2.58. The summed E-state index contributed by atoms with van der Waals surface area (Å²) in [5.74, 6) is 1.64. The molecule has 1 aromatic carbocycles. The van der Waals surface area contributed by atoms with E-state index in [9.17, 15) is 4.79 Å². The van der Waals surface area contributed by atoms with E-state index in [-0.39, 0.29) is 5.91 Å². The molecule has 1 aliphatic heterocycles. The number of piperidine rings is 1. The third-order valence-electron chi connectivity index (χ3n) is 5.61. The zero-order chi connectivity index (χ0) is 19.6. The Bertz CT molecular complexity index is 1110. The maximum absolute atomic E-state index is 12.9. The van der Waals surface area contributed by atoms with Gasteiger partial charge in [-0.15, -0.1) is 5.10 Å². The van der Waals surface area contributed by atoms with Crippen LogP contribution in [0, 0.1) is 0 Å². The van der Waals surface area contributed by atoms with Crippen LogP contribution in [0.2, 0.25) is 0 Å². The maximum atomic E-state index is 12.9. The summed E-state index contributed by atoms with van der Waals surface area (Å²) in [4.78, 5) is 19.5. The molecular formula is C21H21N5OS2. The van der Waals surface area contributed by atoms with Gasteiger partial charge in [0.05, 0.1) is 4.70 Å². The highest BCUT2D eigenvalue weighted by Crippen LogP contribution is 2.28. The van der Waals surface area contributed by atoms with E-state index in [1.807, 2.05) is 29.3 Å². The molecule has 0 unspecified atom stereocenters. The number of fused-ring (bicyclic) bond motifs is 1. The van der Waals surface area contributed by atoms with E-state index in [1.165, 1.54) is 17.1 Å². The first-order chi connectivity index (χ1) is 14.3. The van der Waals surface area contributed by atoms with Crippen molar-refractivity contribution in [3.63, 3.8) is 0 Å². The van der Waals surface area contributed by atoms with E-state index in [2.05, 4.69) is 42.2 Å². The molecule has 4 heterocycles. The Balaban J connectivity index is 1.22. The first-order valence-electron chi connectivity index (χ1n) is 9.81. The highest BCUT2D eigenvalue weighted by atomic mass is 32.1. The Morgan fingerprint density at radius 1 is 1.21 bits per heavy atom. The van der Waals surface area contributed by atoms with Gasteiger partial charge in [0.2, 0.25) is 0 Å². The maximum Gasteiger partial charge on any atom is 0.253 e. The van der Waals surface area contributed by atoms with Crippen LogP contribution in [0.3, 0.4) is 0 Å². The highest BCUT2D eigenvalue weighted by Gasteiger charge is 2.27. The number of carbonyl (C=O) groups excluding carboxylic acids is 1. The molecule has 148 valence electrons. The Labute approximate surface area is 177 Å². The van der Waals surface area contributed by atoms with Crippen LogP contribution in [0.5, 0.6) is 0 Å². The highest BCUT2D eigenvalue weighted by molar-refractivity contribution is 7.12. The number of carbonyl (C=O) groups is 1. The largest absolute Gasteiger partial charge is 0.339 e. The van der Waals surface area contributed by atoms with Crippen molar-refractivity contribution in [3.05, 3.63) is 64.4 Å². The van der Waals surface area contributed by atoms with Crippen molar-refractivity contribution in [1.29, 1.82) is 0 Å². The molecule has 3 aromatic heterocycles. The standard InChI is InChI=1S/C21H21N5OS2/c27-21(17-1-2-19-18(13-17)23-24-29-19)26-9-4-16(5-10-26)20-22-7-11-25(20)8-3-15-6-12-28-14-15/h1-2,6-7,11-14,16H,3-5,8-10H2. The van der Waals surface area contributed by atoms with E-state index < -0.39 is 0 Å². The number of imidazole rings is 1. The van der Waals surface area contributed by atoms with Crippen molar-refractivity contribution in [1.82, 2.24) is 24.0 Å². The summed E-state index contributed by atoms with van der Waals surface area (Å²) in [6.07, 6.45) is 6.90. The number of benzene rings is 1. The molecule has 6 nitrogen and oxygen atoms in total. The molecule has 1 amide bonds. The van der Waals surface area contributed by atoms with E-state index in [1.54, 1.807) is 11.3 Å². The third-order valence-corrected chi connectivity index (χ3v) is 7.05. The van der Waals surface area contributed by atoms with Crippen LogP contribution in [-0.4, -0.2) is 43.0 Å². The lowest BCUT2D eigenvalue weighted by Gasteiger charge is -2.32. The molecule has 4 aromatic rings. The van der Waals surface area contributed by atoms with Crippen LogP contribution in [-0.2, 0) is 13.0 Å². The number of rotatable bonds is 5. The second-order valence-electron chi connectivity index (χ2n) is 7.38. The topological polar surface area (TPSA) is 63.9 Å². The molecule has 0 radical (unpaired) electrons. The van der Waals surface area contributed by atoms with Crippen LogP contribution in [0.1, 0.15) is 40.5 Å². The van der Waals surface area contributed by atoms with Crippen LogP contribution in [0.25, 0.3) is 10.2 Å². The lowest BCUT2D eigenvalue weighted by molar-refractivity contribution is 0.0710. The molecule has 1 fully saturated rings. The van der Waals surface area contributed by atoms with Gasteiger partial charge in [0, 0.05) is 43.5 Å². The summed E-state index contributed by atoms with van der Waals surface area (Å²) in [5, 5.41) is 8.42. The quantitative estimate of drug-likeness (QED) is 0.482. The van der Waals surface area contributed by atoms with Crippen molar-refractivity contribution in [2.24, 2.45) is 0 Å². The number of thiophene rings is 1. The molecule has 0 aliphatic carbocycles. The van der Waals surface area contributed by atoms with Gasteiger partial charge in [-0.1, -0.05) is 4.49 Å². The Kier molecular flexibility index (Phi) is 5.12. The van der Waals surface area contributed by atoms with Gasteiger partial charge in [-0.3, -0.25) is 4.79 Å². The van der Waals surface area contributed by atoms with Gasteiger partial charge in [-0.25, -0.2) is 4.98 Å². The van der Waals surface area contributed by atoms with Crippen LogP contribution in [0.4, 0.5) is 0 Å². The van der Waals surface area contributed by atoms with Gasteiger partial charge >= 0.3 is 0 Å². The predicted molar refractivity (Wildman–Crippen MR) is 116 cm³/mol. The van der Waals surface area contributed by atoms with Crippen molar-refractivity contribution in [3.8, 4) is 0 Å². The van der Waals surface area contributed by atoms with E-state index in [4.69, 9.17) is 0 Å². The predicted octanol–water partition coefficient (Wildman–Crippen LogP) is 4.21. The Morgan fingerprint density at radius 3 is 2.93 bits per heavy atom. The molecule has 0 saturated carbocycles. The van der Waals surface area contributed by atoms with Gasteiger partial charge < -0.3 is 9.47 Å². The van der Waals surface area contributed by atoms with Crippen LogP contribution in [0.15, 0.2) is 47.4 Å². The number of likely N-dealkylation sites (tertiary alicyclic amines) is 1. The lowest BCUT2D eigenvalue weighted by Crippen LogP contribution is -2.38. The van der Waals surface area contributed by atoms with Gasteiger partial charge in [-0.05, 0) is 71.4 Å². The van der Waals surface area contributed by atoms with Crippen molar-refractivity contribution >= 4 is 39.0 Å². The van der Waals surface area contributed by atoms with Gasteiger partial charge in [0.25, 0.3) is 5.91 Å². The van der Waals surface area contributed by atoms with E-state index >= 15 is 0 Å². The first-order valence-corrected chi connectivity index (χ1v) is 11.5. The minimum atomic E-state index is 0.0825. The number of amides is 1. The van der Waals surface area contributed by atoms with E-state index in [0.717, 1.165) is 54.9 Å². The fourth-order valence-corrected chi connectivity index (χ4v) is 5.23. The molecule has 29 heavy (non-hydrogen) atoms. The normalized spacial score (nSPS) is 15.2. The van der Waals surface area contributed by atoms with Gasteiger partial charge in [0.1, 0.15) is 11.3 Å². The second kappa shape index (κ2) is 8.04. The average Bonchev–Trinajstić information content (AvgIpc) is 3.53. The number of nitrogens with zero attached hydrogens (tertiary/aromatic N) is 5. The third kappa shape index (κ3) is 3.82. The van der Waals surface area contributed by atoms with Gasteiger partial charge in [0.15, 0.2) is 0 Å². The van der Waals surface area contributed by atoms with Crippen LogP contribution >= 0.6 is 22.9 Å². The lowest BCUT2D eigenvalue weighted by atomic mass is 9.95. The number of hydrogen-bond acceptors (Lipinski definition) is 6. The molecule has 0 spiro atoms. The summed E-state index contributed by atoms with van der Waals surface area (Å²) in [6, 6.07) is 7.85. The molecule has 1 saturated heterocycles. The monoisotopic (exact) mass is 423 g/mol. The van der Waals surface area contributed by atoms with Crippen molar-refractivity contribution < 1.29 is 4.79 Å². The average molecular weight is 424 g/mol. The van der Waals surface area contributed by atoms with Gasteiger partial charge in [-0.2, -0.15) is 11.3 Å². The molecule has 5 rings (SSSR count). The number of aryl methyl sites for hydroxylation is 2. The Morgan fingerprint density at radius 2 is 2.10 bits per heavy atom. The SMILES string of the molecule is O=C(c1ccc2snnc2c1)N1CCC(c2nccn2CCc2ccsc2)CC1. The zero-order valence-electron chi connectivity index (χ0n) is 15.9. The first kappa shape index (κ1) is 18.4. The van der Waals surface area contributed by atoms with E-state index in [0.29, 0.717) is 11.5 Å². The summed E-state index contributed by atoms with van der Waals surface area (Å²) >= 11 is 3.09. The second-order valence-corrected chi connectivity index (χ2v) is 8.95. The molecule has 0 atom stereocenters.